The van der Waals surface area contributed by atoms with Gasteiger partial charge in [0.25, 0.3) is 0 Å². The zero-order valence-electron chi connectivity index (χ0n) is 18.2. The molecule has 0 fully saturated rings. The molecule has 0 aromatic rings. The maximum absolute atomic E-state index is 12.3. The van der Waals surface area contributed by atoms with Crippen LogP contribution in [0.5, 0.6) is 0 Å². The topological polar surface area (TPSA) is 137 Å². The Hall–Kier alpha value is -2.42. The molecule has 30 heavy (non-hydrogen) atoms. The van der Waals surface area contributed by atoms with Crippen molar-refractivity contribution in [2.24, 2.45) is 11.8 Å². The zero-order valence-corrected chi connectivity index (χ0v) is 18.2. The number of nitrogens with one attached hydrogen (secondary N) is 3. The zero-order chi connectivity index (χ0) is 22.5. The third-order valence-electron chi connectivity index (χ3n) is 5.25. The molecular formula is C21H34N3O6-. The molecule has 9 nitrogen and oxygen atoms in total. The van der Waals surface area contributed by atoms with Gasteiger partial charge in [0.15, 0.2) is 0 Å². The maximum atomic E-state index is 12.3. The maximum Gasteiger partial charge on any atom is 0.247 e. The summed E-state index contributed by atoms with van der Waals surface area (Å²) in [7, 11) is 1.56. The van der Waals surface area contributed by atoms with Gasteiger partial charge in [0, 0.05) is 44.2 Å². The van der Waals surface area contributed by atoms with Gasteiger partial charge in [0.05, 0.1) is 12.6 Å². The van der Waals surface area contributed by atoms with Gasteiger partial charge in [-0.05, 0) is 44.1 Å². The van der Waals surface area contributed by atoms with E-state index in [1.54, 1.807) is 14.0 Å². The van der Waals surface area contributed by atoms with Crippen LogP contribution in [0, 0.1) is 11.8 Å². The highest BCUT2D eigenvalue weighted by Gasteiger charge is 2.23. The Labute approximate surface area is 178 Å². The lowest BCUT2D eigenvalue weighted by Gasteiger charge is -2.21. The van der Waals surface area contributed by atoms with Gasteiger partial charge in [-0.3, -0.25) is 14.4 Å². The van der Waals surface area contributed by atoms with Crippen molar-refractivity contribution in [2.75, 3.05) is 33.4 Å². The van der Waals surface area contributed by atoms with Crippen LogP contribution in [0.1, 0.15) is 52.4 Å². The normalized spacial score (nSPS) is 15.8. The van der Waals surface area contributed by atoms with Gasteiger partial charge in [-0.15, -0.1) is 0 Å². The van der Waals surface area contributed by atoms with E-state index in [4.69, 9.17) is 4.74 Å². The van der Waals surface area contributed by atoms with Crippen molar-refractivity contribution in [3.8, 4) is 0 Å². The van der Waals surface area contributed by atoms with Crippen LogP contribution in [-0.2, 0) is 23.9 Å². The smallest absolute Gasteiger partial charge is 0.247 e. The van der Waals surface area contributed by atoms with E-state index in [-0.39, 0.29) is 47.9 Å². The quantitative estimate of drug-likeness (QED) is 0.346. The molecule has 3 amide bonds. The monoisotopic (exact) mass is 424 g/mol. The molecule has 1 aliphatic rings. The van der Waals surface area contributed by atoms with E-state index in [0.717, 1.165) is 12.8 Å². The number of carbonyl (C=O) groups excluding carboxylic acids is 4. The molecule has 0 spiro atoms. The predicted octanol–water partition coefficient (Wildman–Crippen LogP) is -0.346. The molecule has 1 aliphatic carbocycles. The molecule has 3 N–H and O–H groups in total. The fourth-order valence-corrected chi connectivity index (χ4v) is 3.44. The van der Waals surface area contributed by atoms with Gasteiger partial charge >= 0.3 is 0 Å². The van der Waals surface area contributed by atoms with E-state index >= 15 is 0 Å². The van der Waals surface area contributed by atoms with Crippen LogP contribution in [0.25, 0.3) is 0 Å². The first-order valence-electron chi connectivity index (χ1n) is 10.6. The van der Waals surface area contributed by atoms with Crippen LogP contribution in [0.4, 0.5) is 0 Å². The Bertz CT molecular complexity index is 647. The number of carboxylic acid groups (broad SMARTS) is 1. The number of amides is 3. The number of carbonyl (C=O) groups is 4. The van der Waals surface area contributed by atoms with Crippen molar-refractivity contribution in [3.63, 3.8) is 0 Å². The van der Waals surface area contributed by atoms with Gasteiger partial charge in [-0.2, -0.15) is 0 Å². The fourth-order valence-electron chi connectivity index (χ4n) is 3.44. The van der Waals surface area contributed by atoms with Crippen molar-refractivity contribution in [1.29, 1.82) is 0 Å². The van der Waals surface area contributed by atoms with Crippen LogP contribution in [0.15, 0.2) is 11.1 Å². The number of hydrogen-bond acceptors (Lipinski definition) is 6. The third kappa shape index (κ3) is 8.52. The number of hydrogen-bond donors (Lipinski definition) is 3. The van der Waals surface area contributed by atoms with Crippen molar-refractivity contribution < 1.29 is 29.0 Å². The van der Waals surface area contributed by atoms with Crippen LogP contribution in [-0.4, -0.2) is 57.0 Å². The summed E-state index contributed by atoms with van der Waals surface area (Å²) < 4.78 is 4.91. The molecule has 0 heterocycles. The lowest BCUT2D eigenvalue weighted by Crippen LogP contribution is -2.40. The molecular weight excluding hydrogens is 390 g/mol. The molecule has 0 aromatic heterocycles. The average molecular weight is 425 g/mol. The van der Waals surface area contributed by atoms with Gasteiger partial charge in [0.2, 0.25) is 17.7 Å². The van der Waals surface area contributed by atoms with Crippen LogP contribution in [0.3, 0.4) is 0 Å². The first-order chi connectivity index (χ1) is 14.3. The standard InChI is InChI=1S/C21H35N3O6/c1-4-15(19(26)24-11-12-30-3)13-14(2)18(25)22-9-10-23-20(27)16-7-5-6-8-17(16)21(28)29/h14-15H,4-13H2,1-3H3,(H,22,25)(H,23,27)(H,24,26)(H,28,29)/p-1. The fraction of sp³-hybridized carbons (Fsp3) is 0.714. The van der Waals surface area contributed by atoms with Crippen molar-refractivity contribution in [2.45, 2.75) is 52.4 Å². The number of rotatable bonds is 13. The summed E-state index contributed by atoms with van der Waals surface area (Å²) >= 11 is 0. The Morgan fingerprint density at radius 1 is 0.967 bits per heavy atom. The summed E-state index contributed by atoms with van der Waals surface area (Å²) in [5.74, 6) is -2.62. The highest BCUT2D eigenvalue weighted by Crippen LogP contribution is 2.24. The van der Waals surface area contributed by atoms with E-state index in [9.17, 15) is 24.3 Å². The van der Waals surface area contributed by atoms with Crippen molar-refractivity contribution >= 4 is 23.7 Å². The molecule has 0 saturated carbocycles. The molecule has 1 rings (SSSR count). The van der Waals surface area contributed by atoms with E-state index in [1.807, 2.05) is 6.92 Å². The van der Waals surface area contributed by atoms with Crippen LogP contribution >= 0.6 is 0 Å². The minimum Gasteiger partial charge on any atom is -0.545 e. The molecule has 2 unspecified atom stereocenters. The molecule has 9 heteroatoms. The van der Waals surface area contributed by atoms with Crippen molar-refractivity contribution in [3.05, 3.63) is 11.1 Å². The van der Waals surface area contributed by atoms with Crippen LogP contribution < -0.4 is 21.1 Å². The summed E-state index contributed by atoms with van der Waals surface area (Å²) in [6.07, 6.45) is 3.32. The number of aliphatic carboxylic acids is 1. The van der Waals surface area contributed by atoms with Gasteiger partial charge in [-0.1, -0.05) is 13.8 Å². The predicted molar refractivity (Wildman–Crippen MR) is 109 cm³/mol. The molecule has 2 atom stereocenters. The first-order valence-corrected chi connectivity index (χ1v) is 10.6. The SMILES string of the molecule is CCC(CC(C)C(=O)NCCNC(=O)C1=C(C(=O)[O-])CCCC1)C(=O)NCCOC. The lowest BCUT2D eigenvalue weighted by molar-refractivity contribution is -0.299. The van der Waals surface area contributed by atoms with E-state index in [0.29, 0.717) is 38.8 Å². The summed E-state index contributed by atoms with van der Waals surface area (Å²) in [6.45, 7) is 4.95. The Balaban J connectivity index is 2.40. The van der Waals surface area contributed by atoms with E-state index < -0.39 is 11.9 Å². The van der Waals surface area contributed by atoms with E-state index in [1.165, 1.54) is 0 Å². The Kier molecular flexibility index (Phi) is 11.7. The molecule has 0 bridgehead atoms. The van der Waals surface area contributed by atoms with Crippen LogP contribution in [0.2, 0.25) is 0 Å². The molecule has 0 saturated heterocycles. The lowest BCUT2D eigenvalue weighted by atomic mass is 9.91. The minimum atomic E-state index is -1.29. The highest BCUT2D eigenvalue weighted by atomic mass is 16.5. The van der Waals surface area contributed by atoms with E-state index in [2.05, 4.69) is 16.0 Å². The van der Waals surface area contributed by atoms with Crippen molar-refractivity contribution in [1.82, 2.24) is 16.0 Å². The summed E-state index contributed by atoms with van der Waals surface area (Å²) in [5, 5.41) is 19.3. The number of ether oxygens (including phenoxy) is 1. The molecule has 0 aromatic carbocycles. The number of methoxy groups -OCH3 is 1. The second kappa shape index (κ2) is 13.7. The van der Waals surface area contributed by atoms with Gasteiger partial charge in [0.1, 0.15) is 0 Å². The van der Waals surface area contributed by atoms with Gasteiger partial charge < -0.3 is 30.6 Å². The summed E-state index contributed by atoms with van der Waals surface area (Å²) in [5.41, 5.74) is 0.344. The average Bonchev–Trinajstić information content (AvgIpc) is 2.74. The second-order valence-corrected chi connectivity index (χ2v) is 7.52. The molecule has 170 valence electrons. The summed E-state index contributed by atoms with van der Waals surface area (Å²) in [6, 6.07) is 0. The molecule has 0 radical (unpaired) electrons. The number of carboxylic acids is 1. The first kappa shape index (κ1) is 25.6. The Morgan fingerprint density at radius 3 is 2.17 bits per heavy atom. The highest BCUT2D eigenvalue weighted by molar-refractivity contribution is 6.01. The third-order valence-corrected chi connectivity index (χ3v) is 5.25. The Morgan fingerprint density at radius 2 is 1.57 bits per heavy atom. The largest absolute Gasteiger partial charge is 0.545 e. The summed E-state index contributed by atoms with van der Waals surface area (Å²) in [4.78, 5) is 47.9. The minimum absolute atomic E-state index is 0.0748. The molecule has 0 aliphatic heterocycles. The second-order valence-electron chi connectivity index (χ2n) is 7.52. The van der Waals surface area contributed by atoms with Gasteiger partial charge in [-0.25, -0.2) is 0 Å².